The maximum absolute atomic E-state index is 11.2. The highest BCUT2D eigenvalue weighted by molar-refractivity contribution is 6.14. The van der Waals surface area contributed by atoms with Gasteiger partial charge in [-0.3, -0.25) is 20.2 Å². The predicted octanol–water partition coefficient (Wildman–Crippen LogP) is 0.775. The molecular formula is C10H7N3O4. The Morgan fingerprint density at radius 1 is 1.18 bits per heavy atom. The second-order valence-corrected chi connectivity index (χ2v) is 3.28. The first-order chi connectivity index (χ1) is 8.08. The molecule has 0 saturated carbocycles. The van der Waals surface area contributed by atoms with Crippen LogP contribution in [-0.4, -0.2) is 16.9 Å². The Labute approximate surface area is 95.3 Å². The zero-order chi connectivity index (χ0) is 12.4. The quantitative estimate of drug-likeness (QED) is 0.341. The fourth-order valence-corrected chi connectivity index (χ4v) is 1.41. The zero-order valence-corrected chi connectivity index (χ0v) is 8.47. The second-order valence-electron chi connectivity index (χ2n) is 3.28. The van der Waals surface area contributed by atoms with E-state index in [1.165, 1.54) is 24.3 Å². The minimum Gasteiger partial charge on any atom is -0.303 e. The third kappa shape index (κ3) is 2.12. The highest BCUT2D eigenvalue weighted by Crippen LogP contribution is 2.20. The summed E-state index contributed by atoms with van der Waals surface area (Å²) in [6.45, 7) is 0. The molecule has 7 heteroatoms. The average Bonchev–Trinajstić information content (AvgIpc) is 2.58. The van der Waals surface area contributed by atoms with E-state index in [9.17, 15) is 19.7 Å². The summed E-state index contributed by atoms with van der Waals surface area (Å²) in [6.07, 6.45) is 1.26. The van der Waals surface area contributed by atoms with Crippen LogP contribution in [0.1, 0.15) is 5.56 Å². The number of nitrogens with zero attached hydrogens (tertiary/aromatic N) is 1. The number of para-hydroxylation sites is 1. The summed E-state index contributed by atoms with van der Waals surface area (Å²) in [7, 11) is 0. The van der Waals surface area contributed by atoms with Gasteiger partial charge in [0.1, 0.15) is 5.70 Å². The van der Waals surface area contributed by atoms with E-state index in [1.807, 2.05) is 5.32 Å². The summed E-state index contributed by atoms with van der Waals surface area (Å²) in [5.74, 6) is -0.604. The van der Waals surface area contributed by atoms with E-state index in [4.69, 9.17) is 0 Å². The molecule has 0 atom stereocenters. The normalized spacial score (nSPS) is 16.8. The lowest BCUT2D eigenvalue weighted by Gasteiger charge is -1.97. The number of carbonyl (C=O) groups excluding carboxylic acids is 2. The van der Waals surface area contributed by atoms with Gasteiger partial charge in [0.05, 0.1) is 10.5 Å². The number of carbonyl (C=O) groups is 2. The topological polar surface area (TPSA) is 101 Å². The number of urea groups is 1. The van der Waals surface area contributed by atoms with Gasteiger partial charge in [0, 0.05) is 6.07 Å². The van der Waals surface area contributed by atoms with Crippen molar-refractivity contribution in [2.45, 2.75) is 0 Å². The zero-order valence-electron chi connectivity index (χ0n) is 8.47. The molecule has 1 aliphatic rings. The maximum Gasteiger partial charge on any atom is 0.326 e. The van der Waals surface area contributed by atoms with E-state index in [2.05, 4.69) is 5.32 Å². The van der Waals surface area contributed by atoms with Gasteiger partial charge in [-0.25, -0.2) is 4.79 Å². The van der Waals surface area contributed by atoms with Gasteiger partial charge < -0.3 is 5.32 Å². The second kappa shape index (κ2) is 4.05. The largest absolute Gasteiger partial charge is 0.326 e. The van der Waals surface area contributed by atoms with Crippen molar-refractivity contribution < 1.29 is 14.5 Å². The number of imide groups is 1. The molecule has 0 radical (unpaired) electrons. The molecule has 0 bridgehead atoms. The van der Waals surface area contributed by atoms with Crippen molar-refractivity contribution >= 4 is 23.7 Å². The van der Waals surface area contributed by atoms with Crippen LogP contribution in [-0.2, 0) is 4.79 Å². The van der Waals surface area contributed by atoms with E-state index in [0.717, 1.165) is 0 Å². The number of rotatable bonds is 2. The molecule has 3 amide bonds. The molecule has 0 unspecified atom stereocenters. The predicted molar refractivity (Wildman–Crippen MR) is 57.7 cm³/mol. The van der Waals surface area contributed by atoms with Crippen LogP contribution in [0.5, 0.6) is 0 Å². The van der Waals surface area contributed by atoms with E-state index in [1.54, 1.807) is 6.07 Å². The molecule has 1 aromatic carbocycles. The average molecular weight is 233 g/mol. The lowest BCUT2D eigenvalue weighted by Crippen LogP contribution is -2.22. The number of hydrogen-bond acceptors (Lipinski definition) is 4. The fraction of sp³-hybridized carbons (Fsp3) is 0. The van der Waals surface area contributed by atoms with Gasteiger partial charge in [0.25, 0.3) is 11.6 Å². The number of hydrogen-bond donors (Lipinski definition) is 2. The van der Waals surface area contributed by atoms with Crippen LogP contribution in [0.2, 0.25) is 0 Å². The third-order valence-corrected chi connectivity index (χ3v) is 2.15. The monoisotopic (exact) mass is 233 g/mol. The summed E-state index contributed by atoms with van der Waals surface area (Å²) < 4.78 is 0. The number of nitro benzene ring substituents is 1. The molecule has 1 aliphatic heterocycles. The molecule has 0 aromatic heterocycles. The smallest absolute Gasteiger partial charge is 0.303 e. The Hall–Kier alpha value is -2.70. The lowest BCUT2D eigenvalue weighted by molar-refractivity contribution is -0.385. The van der Waals surface area contributed by atoms with Gasteiger partial charge in [-0.15, -0.1) is 0 Å². The van der Waals surface area contributed by atoms with Crippen LogP contribution in [0.4, 0.5) is 10.5 Å². The summed E-state index contributed by atoms with van der Waals surface area (Å²) in [5.41, 5.74) is 0.114. The highest BCUT2D eigenvalue weighted by Gasteiger charge is 2.24. The molecule has 2 rings (SSSR count). The van der Waals surface area contributed by atoms with Gasteiger partial charge in [-0.05, 0) is 12.1 Å². The van der Waals surface area contributed by atoms with Crippen molar-refractivity contribution in [3.8, 4) is 0 Å². The first-order valence-electron chi connectivity index (χ1n) is 4.65. The van der Waals surface area contributed by atoms with E-state index < -0.39 is 16.9 Å². The molecule has 17 heavy (non-hydrogen) atoms. The van der Waals surface area contributed by atoms with E-state index in [-0.39, 0.29) is 16.9 Å². The van der Waals surface area contributed by atoms with Gasteiger partial charge in [-0.2, -0.15) is 0 Å². The van der Waals surface area contributed by atoms with Crippen molar-refractivity contribution in [1.29, 1.82) is 0 Å². The van der Waals surface area contributed by atoms with Crippen LogP contribution < -0.4 is 10.6 Å². The summed E-state index contributed by atoms with van der Waals surface area (Å²) in [5, 5.41) is 15.0. The number of amides is 3. The number of nitrogens with one attached hydrogen (secondary N) is 2. The summed E-state index contributed by atoms with van der Waals surface area (Å²) >= 11 is 0. The molecule has 1 heterocycles. The maximum atomic E-state index is 11.2. The Morgan fingerprint density at radius 3 is 2.47 bits per heavy atom. The minimum absolute atomic E-state index is 0.00991. The van der Waals surface area contributed by atoms with E-state index in [0.29, 0.717) is 0 Å². The molecule has 0 spiro atoms. The van der Waals surface area contributed by atoms with Crippen molar-refractivity contribution in [3.05, 3.63) is 45.6 Å². The lowest BCUT2D eigenvalue weighted by atomic mass is 10.1. The summed E-state index contributed by atoms with van der Waals surface area (Å²) in [4.78, 5) is 32.3. The number of nitro groups is 1. The minimum atomic E-state index is -0.639. The van der Waals surface area contributed by atoms with Crippen LogP contribution in [0, 0.1) is 10.1 Å². The van der Waals surface area contributed by atoms with Gasteiger partial charge in [0.15, 0.2) is 0 Å². The standard InChI is InChI=1S/C10H7N3O4/c14-9-7(11-10(15)12-9)5-6-3-1-2-4-8(6)13(16)17/h1-5H,(H2,11,12,14,15)/b7-5-. The molecule has 7 nitrogen and oxygen atoms in total. The first-order valence-corrected chi connectivity index (χ1v) is 4.65. The van der Waals surface area contributed by atoms with E-state index >= 15 is 0 Å². The van der Waals surface area contributed by atoms with Crippen molar-refractivity contribution in [2.24, 2.45) is 0 Å². The Balaban J connectivity index is 2.42. The molecule has 0 aliphatic carbocycles. The molecular weight excluding hydrogens is 226 g/mol. The highest BCUT2D eigenvalue weighted by atomic mass is 16.6. The Morgan fingerprint density at radius 2 is 1.88 bits per heavy atom. The first kappa shape index (κ1) is 10.8. The molecule has 2 N–H and O–H groups in total. The SMILES string of the molecule is O=C1NC(=O)/C(=C/c2ccccc2[N+](=O)[O-])N1. The Bertz CT molecular complexity index is 550. The Kier molecular flexibility index (Phi) is 2.57. The van der Waals surface area contributed by atoms with Crippen LogP contribution in [0.25, 0.3) is 6.08 Å². The molecule has 86 valence electrons. The van der Waals surface area contributed by atoms with Gasteiger partial charge in [0.2, 0.25) is 0 Å². The molecule has 1 aromatic rings. The van der Waals surface area contributed by atoms with Crippen LogP contribution in [0.15, 0.2) is 30.0 Å². The number of benzene rings is 1. The van der Waals surface area contributed by atoms with Gasteiger partial charge in [-0.1, -0.05) is 12.1 Å². The van der Waals surface area contributed by atoms with Crippen LogP contribution >= 0.6 is 0 Å². The van der Waals surface area contributed by atoms with Crippen LogP contribution in [0.3, 0.4) is 0 Å². The van der Waals surface area contributed by atoms with Crippen molar-refractivity contribution in [1.82, 2.24) is 10.6 Å². The van der Waals surface area contributed by atoms with Crippen molar-refractivity contribution in [3.63, 3.8) is 0 Å². The molecule has 1 fully saturated rings. The fourth-order valence-electron chi connectivity index (χ4n) is 1.41. The van der Waals surface area contributed by atoms with Gasteiger partial charge >= 0.3 is 6.03 Å². The van der Waals surface area contributed by atoms with Crippen molar-refractivity contribution in [2.75, 3.05) is 0 Å². The third-order valence-electron chi connectivity index (χ3n) is 2.15. The molecule has 1 saturated heterocycles. The summed E-state index contributed by atoms with van der Waals surface area (Å²) in [6, 6.07) is 5.30.